The van der Waals surface area contributed by atoms with E-state index in [2.05, 4.69) is 5.32 Å². The van der Waals surface area contributed by atoms with E-state index in [4.69, 9.17) is 4.74 Å². The third-order valence-corrected chi connectivity index (χ3v) is 3.23. The van der Waals surface area contributed by atoms with E-state index < -0.39 is 0 Å². The third kappa shape index (κ3) is 2.76. The maximum absolute atomic E-state index is 10.9. The molecular weight excluding hydrogens is 238 g/mol. The minimum absolute atomic E-state index is 0.112. The van der Waals surface area contributed by atoms with Crippen LogP contribution in [0.1, 0.15) is 23.6 Å². The Balaban J connectivity index is 1.65. The summed E-state index contributed by atoms with van der Waals surface area (Å²) in [7, 11) is 0. The molecule has 96 valence electrons. The quantitative estimate of drug-likeness (QED) is 0.851. The van der Waals surface area contributed by atoms with Gasteiger partial charge in [-0.05, 0) is 23.3 Å². The molecule has 0 aromatic heterocycles. The Bertz CT molecular complexity index is 572. The van der Waals surface area contributed by atoms with Crippen LogP contribution in [0.3, 0.4) is 0 Å². The first-order chi connectivity index (χ1) is 9.31. The van der Waals surface area contributed by atoms with E-state index in [0.717, 1.165) is 16.9 Å². The van der Waals surface area contributed by atoms with Crippen LogP contribution < -0.4 is 10.1 Å². The number of hydrogen-bond donors (Lipinski definition) is 1. The van der Waals surface area contributed by atoms with Gasteiger partial charge in [0, 0.05) is 0 Å². The van der Waals surface area contributed by atoms with Crippen LogP contribution in [0, 0.1) is 0 Å². The first-order valence-electron chi connectivity index (χ1n) is 6.37. The van der Waals surface area contributed by atoms with Crippen LogP contribution in [-0.4, -0.2) is 5.91 Å². The second-order valence-electron chi connectivity index (χ2n) is 4.67. The van der Waals surface area contributed by atoms with E-state index in [0.29, 0.717) is 13.0 Å². The molecule has 1 heterocycles. The molecule has 1 unspecified atom stereocenters. The molecule has 0 saturated carbocycles. The minimum atomic E-state index is 0.112. The van der Waals surface area contributed by atoms with Crippen molar-refractivity contribution >= 4 is 5.91 Å². The molecule has 0 radical (unpaired) electrons. The molecule has 3 rings (SSSR count). The maximum atomic E-state index is 10.9. The molecule has 19 heavy (non-hydrogen) atoms. The van der Waals surface area contributed by atoms with Crippen molar-refractivity contribution in [2.24, 2.45) is 0 Å². The first-order valence-corrected chi connectivity index (χ1v) is 6.37. The number of hydrogen-bond acceptors (Lipinski definition) is 2. The van der Waals surface area contributed by atoms with Gasteiger partial charge in [-0.1, -0.05) is 42.5 Å². The third-order valence-electron chi connectivity index (χ3n) is 3.23. The second-order valence-corrected chi connectivity index (χ2v) is 4.67. The summed E-state index contributed by atoms with van der Waals surface area (Å²) in [6, 6.07) is 18.1. The van der Waals surface area contributed by atoms with Gasteiger partial charge in [0.1, 0.15) is 12.4 Å². The lowest BCUT2D eigenvalue weighted by molar-refractivity contribution is -0.128. The summed E-state index contributed by atoms with van der Waals surface area (Å²) < 4.78 is 5.77. The van der Waals surface area contributed by atoms with Gasteiger partial charge < -0.3 is 10.1 Å². The number of carbonyl (C=O) groups is 1. The number of benzene rings is 2. The Labute approximate surface area is 112 Å². The van der Waals surface area contributed by atoms with Crippen molar-refractivity contribution in [3.8, 4) is 5.75 Å². The molecule has 1 amide bonds. The Hall–Kier alpha value is -2.29. The summed E-state index contributed by atoms with van der Waals surface area (Å²) in [5.74, 6) is 0.947. The van der Waals surface area contributed by atoms with Crippen molar-refractivity contribution in [3.63, 3.8) is 0 Å². The number of rotatable bonds is 4. The SMILES string of the molecule is O=C1CC(c2cccc(OCc3ccccc3)c2)N1. The molecule has 1 saturated heterocycles. The highest BCUT2D eigenvalue weighted by Crippen LogP contribution is 2.26. The van der Waals surface area contributed by atoms with Crippen molar-refractivity contribution in [2.75, 3.05) is 0 Å². The number of carbonyl (C=O) groups excluding carboxylic acids is 1. The van der Waals surface area contributed by atoms with Crippen LogP contribution in [0.2, 0.25) is 0 Å². The summed E-state index contributed by atoms with van der Waals surface area (Å²) in [5, 5.41) is 2.87. The molecule has 1 atom stereocenters. The zero-order valence-corrected chi connectivity index (χ0v) is 10.5. The van der Waals surface area contributed by atoms with E-state index >= 15 is 0 Å². The summed E-state index contributed by atoms with van der Waals surface area (Å²) in [5.41, 5.74) is 2.25. The lowest BCUT2D eigenvalue weighted by Gasteiger charge is -2.27. The van der Waals surface area contributed by atoms with E-state index in [1.807, 2.05) is 54.6 Å². The Morgan fingerprint density at radius 2 is 1.89 bits per heavy atom. The fraction of sp³-hybridized carbons (Fsp3) is 0.188. The number of amides is 1. The van der Waals surface area contributed by atoms with Crippen LogP contribution in [0.25, 0.3) is 0 Å². The predicted molar refractivity (Wildman–Crippen MR) is 72.7 cm³/mol. The standard InChI is InChI=1S/C16H15NO2/c18-16-10-15(17-16)13-7-4-8-14(9-13)19-11-12-5-2-1-3-6-12/h1-9,15H,10-11H2,(H,17,18). The molecule has 3 nitrogen and oxygen atoms in total. The monoisotopic (exact) mass is 253 g/mol. The number of ether oxygens (including phenoxy) is 1. The number of β-lactam (4-membered cyclic amide) rings is 1. The molecule has 2 aromatic rings. The summed E-state index contributed by atoms with van der Waals surface area (Å²) in [4.78, 5) is 10.9. The normalized spacial score (nSPS) is 17.5. The predicted octanol–water partition coefficient (Wildman–Crippen LogP) is 2.83. The van der Waals surface area contributed by atoms with E-state index in [9.17, 15) is 4.79 Å². The summed E-state index contributed by atoms with van der Waals surface area (Å²) >= 11 is 0. The second kappa shape index (κ2) is 5.14. The fourth-order valence-corrected chi connectivity index (χ4v) is 2.12. The fourth-order valence-electron chi connectivity index (χ4n) is 2.12. The molecule has 1 aliphatic rings. The lowest BCUT2D eigenvalue weighted by atomic mass is 9.97. The van der Waals surface area contributed by atoms with E-state index in [-0.39, 0.29) is 11.9 Å². The summed E-state index contributed by atoms with van der Waals surface area (Å²) in [6.45, 7) is 0.557. The van der Waals surface area contributed by atoms with Crippen molar-refractivity contribution < 1.29 is 9.53 Å². The molecule has 2 aromatic carbocycles. The van der Waals surface area contributed by atoms with Gasteiger partial charge in [0.15, 0.2) is 0 Å². The Kier molecular flexibility index (Phi) is 3.19. The van der Waals surface area contributed by atoms with Crippen LogP contribution in [0.15, 0.2) is 54.6 Å². The molecule has 1 aliphatic heterocycles. The minimum Gasteiger partial charge on any atom is -0.489 e. The molecule has 0 bridgehead atoms. The average molecular weight is 253 g/mol. The summed E-state index contributed by atoms with van der Waals surface area (Å²) in [6.07, 6.45) is 0.572. The highest BCUT2D eigenvalue weighted by atomic mass is 16.5. The van der Waals surface area contributed by atoms with Gasteiger partial charge in [0.2, 0.25) is 5.91 Å². The average Bonchev–Trinajstić information content (AvgIpc) is 2.43. The van der Waals surface area contributed by atoms with Gasteiger partial charge in [-0.2, -0.15) is 0 Å². The van der Waals surface area contributed by atoms with Gasteiger partial charge in [-0.25, -0.2) is 0 Å². The van der Waals surface area contributed by atoms with Gasteiger partial charge in [-0.15, -0.1) is 0 Å². The van der Waals surface area contributed by atoms with Gasteiger partial charge >= 0.3 is 0 Å². The largest absolute Gasteiger partial charge is 0.489 e. The highest BCUT2D eigenvalue weighted by molar-refractivity contribution is 5.83. The zero-order chi connectivity index (χ0) is 13.1. The van der Waals surface area contributed by atoms with E-state index in [1.54, 1.807) is 0 Å². The Morgan fingerprint density at radius 3 is 2.63 bits per heavy atom. The lowest BCUT2D eigenvalue weighted by Crippen LogP contribution is -2.41. The molecular formula is C16H15NO2. The first kappa shape index (κ1) is 11.8. The van der Waals surface area contributed by atoms with Gasteiger partial charge in [-0.3, -0.25) is 4.79 Å². The van der Waals surface area contributed by atoms with Crippen molar-refractivity contribution in [1.82, 2.24) is 5.32 Å². The van der Waals surface area contributed by atoms with Crippen LogP contribution in [-0.2, 0) is 11.4 Å². The Morgan fingerprint density at radius 1 is 1.11 bits per heavy atom. The van der Waals surface area contributed by atoms with Gasteiger partial charge in [0.05, 0.1) is 12.5 Å². The zero-order valence-electron chi connectivity index (χ0n) is 10.5. The van der Waals surface area contributed by atoms with Crippen molar-refractivity contribution in [3.05, 3.63) is 65.7 Å². The van der Waals surface area contributed by atoms with Gasteiger partial charge in [0.25, 0.3) is 0 Å². The number of nitrogens with one attached hydrogen (secondary N) is 1. The molecule has 1 fully saturated rings. The van der Waals surface area contributed by atoms with Crippen LogP contribution in [0.4, 0.5) is 0 Å². The maximum Gasteiger partial charge on any atom is 0.222 e. The molecule has 0 aliphatic carbocycles. The topological polar surface area (TPSA) is 38.3 Å². The highest BCUT2D eigenvalue weighted by Gasteiger charge is 2.26. The van der Waals surface area contributed by atoms with Crippen LogP contribution in [0.5, 0.6) is 5.75 Å². The van der Waals surface area contributed by atoms with Crippen LogP contribution >= 0.6 is 0 Å². The van der Waals surface area contributed by atoms with Crippen molar-refractivity contribution in [1.29, 1.82) is 0 Å². The van der Waals surface area contributed by atoms with E-state index in [1.165, 1.54) is 0 Å². The molecule has 0 spiro atoms. The molecule has 3 heteroatoms. The van der Waals surface area contributed by atoms with Crippen molar-refractivity contribution in [2.45, 2.75) is 19.1 Å². The molecule has 1 N–H and O–H groups in total. The smallest absolute Gasteiger partial charge is 0.222 e.